The number of piperazine rings is 1. The minimum atomic E-state index is -3.32. The first kappa shape index (κ1) is 9.45. The van der Waals surface area contributed by atoms with Crippen molar-refractivity contribution in [3.63, 3.8) is 0 Å². The Morgan fingerprint density at radius 2 is 2.00 bits per heavy atom. The molecule has 1 radical (unpaired) electrons. The van der Waals surface area contributed by atoms with Gasteiger partial charge in [-0.2, -0.15) is 9.57 Å². The van der Waals surface area contributed by atoms with Gasteiger partial charge in [0.05, 0.1) is 6.07 Å². The number of hydrogen-bond donors (Lipinski definition) is 0. The van der Waals surface area contributed by atoms with Crippen LogP contribution in [0.2, 0.25) is 0 Å². The van der Waals surface area contributed by atoms with Gasteiger partial charge in [0.15, 0.2) is 5.75 Å². The van der Waals surface area contributed by atoms with Gasteiger partial charge in [0.1, 0.15) is 0 Å². The summed E-state index contributed by atoms with van der Waals surface area (Å²) in [6.45, 7) is 1.93. The molecule has 0 aromatic rings. The maximum atomic E-state index is 11.2. The Hall–Kier alpha value is -0.640. The second-order valence-corrected chi connectivity index (χ2v) is 4.45. The predicted octanol–water partition coefficient (Wildman–Crippen LogP) is -1.24. The summed E-state index contributed by atoms with van der Waals surface area (Å²) in [5.74, 6) is -0.424. The fourth-order valence-electron chi connectivity index (χ4n) is 1.04. The summed E-state index contributed by atoms with van der Waals surface area (Å²) in [5, 5.41) is 12.3. The Morgan fingerprint density at radius 1 is 1.42 bits per heavy atom. The maximum absolute atomic E-state index is 11.2. The minimum Gasteiger partial charge on any atom is -0.239 e. The molecule has 12 heavy (non-hydrogen) atoms. The third-order valence-electron chi connectivity index (χ3n) is 1.66. The van der Waals surface area contributed by atoms with Crippen LogP contribution in [-0.4, -0.2) is 44.7 Å². The van der Waals surface area contributed by atoms with Crippen LogP contribution in [-0.2, 0) is 10.0 Å². The molecule has 1 fully saturated rings. The molecule has 1 heterocycles. The van der Waals surface area contributed by atoms with E-state index in [2.05, 4.69) is 5.32 Å². The van der Waals surface area contributed by atoms with Crippen molar-refractivity contribution in [3.05, 3.63) is 0 Å². The molecule has 0 aliphatic carbocycles. The third kappa shape index (κ3) is 2.17. The molecular formula is C6H10N3O2S. The molecule has 0 atom stereocenters. The van der Waals surface area contributed by atoms with Crippen LogP contribution in [0.3, 0.4) is 0 Å². The van der Waals surface area contributed by atoms with Crippen LogP contribution < -0.4 is 5.32 Å². The number of sulfonamides is 1. The normalized spacial score (nSPS) is 20.2. The topological polar surface area (TPSA) is 75.3 Å². The fourth-order valence-corrected chi connectivity index (χ4v) is 2.10. The highest BCUT2D eigenvalue weighted by Crippen LogP contribution is 2.02. The van der Waals surface area contributed by atoms with Crippen molar-refractivity contribution in [1.82, 2.24) is 9.62 Å². The molecule has 0 aromatic carbocycles. The summed E-state index contributed by atoms with van der Waals surface area (Å²) >= 11 is 0. The smallest absolute Gasteiger partial charge is 0.227 e. The quantitative estimate of drug-likeness (QED) is 0.544. The highest BCUT2D eigenvalue weighted by Gasteiger charge is 2.23. The van der Waals surface area contributed by atoms with Crippen LogP contribution in [0, 0.1) is 11.3 Å². The third-order valence-corrected chi connectivity index (χ3v) is 3.30. The van der Waals surface area contributed by atoms with Gasteiger partial charge in [0, 0.05) is 26.2 Å². The molecule has 0 aromatic heterocycles. The van der Waals surface area contributed by atoms with Gasteiger partial charge in [0.25, 0.3) is 0 Å². The number of nitrogens with zero attached hydrogens (tertiary/aromatic N) is 3. The second kappa shape index (κ2) is 3.85. The average Bonchev–Trinajstić information content (AvgIpc) is 2.06. The Balaban J connectivity index is 2.62. The van der Waals surface area contributed by atoms with Crippen LogP contribution in [0.4, 0.5) is 0 Å². The Bertz CT molecular complexity index is 274. The van der Waals surface area contributed by atoms with Crippen molar-refractivity contribution in [2.24, 2.45) is 0 Å². The van der Waals surface area contributed by atoms with E-state index in [0.717, 1.165) is 0 Å². The summed E-state index contributed by atoms with van der Waals surface area (Å²) in [6, 6.07) is 1.65. The first-order valence-corrected chi connectivity index (χ1v) is 5.26. The Kier molecular flexibility index (Phi) is 3.03. The van der Waals surface area contributed by atoms with Gasteiger partial charge in [-0.15, -0.1) is 0 Å². The molecule has 0 bridgehead atoms. The monoisotopic (exact) mass is 188 g/mol. The summed E-state index contributed by atoms with van der Waals surface area (Å²) in [4.78, 5) is 0. The van der Waals surface area contributed by atoms with E-state index in [1.165, 1.54) is 4.31 Å². The van der Waals surface area contributed by atoms with E-state index in [-0.39, 0.29) is 0 Å². The molecular weight excluding hydrogens is 178 g/mol. The SMILES string of the molecule is N#CCS(=O)(=O)N1CC[N]CC1. The Morgan fingerprint density at radius 3 is 2.50 bits per heavy atom. The Labute approximate surface area is 72.0 Å². The molecule has 1 saturated heterocycles. The van der Waals surface area contributed by atoms with Crippen molar-refractivity contribution in [2.45, 2.75) is 0 Å². The molecule has 0 saturated carbocycles. The van der Waals surface area contributed by atoms with Gasteiger partial charge in [-0.1, -0.05) is 0 Å². The van der Waals surface area contributed by atoms with Gasteiger partial charge in [-0.25, -0.2) is 13.7 Å². The lowest BCUT2D eigenvalue weighted by Crippen LogP contribution is -2.44. The van der Waals surface area contributed by atoms with Gasteiger partial charge in [-0.3, -0.25) is 0 Å². The molecule has 67 valence electrons. The first-order chi connectivity index (χ1) is 5.67. The number of hydrogen-bond acceptors (Lipinski definition) is 3. The standard InChI is InChI=1S/C6H10N3O2S/c7-1-6-12(10,11)9-4-2-8-3-5-9/h2-6H2. The van der Waals surface area contributed by atoms with Crippen LogP contribution in [0.25, 0.3) is 0 Å². The summed E-state index contributed by atoms with van der Waals surface area (Å²) in [7, 11) is -3.32. The summed E-state index contributed by atoms with van der Waals surface area (Å²) < 4.78 is 23.8. The van der Waals surface area contributed by atoms with Crippen LogP contribution in [0.1, 0.15) is 0 Å². The highest BCUT2D eigenvalue weighted by atomic mass is 32.2. The van der Waals surface area contributed by atoms with Crippen molar-refractivity contribution < 1.29 is 8.42 Å². The van der Waals surface area contributed by atoms with E-state index < -0.39 is 15.8 Å². The maximum Gasteiger partial charge on any atom is 0.227 e. The summed E-state index contributed by atoms with van der Waals surface area (Å²) in [6.07, 6.45) is 0. The van der Waals surface area contributed by atoms with E-state index in [9.17, 15) is 8.42 Å². The van der Waals surface area contributed by atoms with Gasteiger partial charge in [0.2, 0.25) is 10.0 Å². The van der Waals surface area contributed by atoms with E-state index >= 15 is 0 Å². The van der Waals surface area contributed by atoms with Crippen LogP contribution in [0.15, 0.2) is 0 Å². The lowest BCUT2D eigenvalue weighted by molar-refractivity contribution is 0.358. The molecule has 0 amide bonds. The van der Waals surface area contributed by atoms with E-state index in [1.807, 2.05) is 0 Å². The average molecular weight is 188 g/mol. The number of nitriles is 1. The molecule has 6 heteroatoms. The van der Waals surface area contributed by atoms with E-state index in [1.54, 1.807) is 6.07 Å². The van der Waals surface area contributed by atoms with Gasteiger partial charge in [-0.05, 0) is 0 Å². The molecule has 0 unspecified atom stereocenters. The number of rotatable bonds is 2. The zero-order valence-corrected chi connectivity index (χ0v) is 7.42. The molecule has 1 aliphatic heterocycles. The lowest BCUT2D eigenvalue weighted by Gasteiger charge is -2.24. The van der Waals surface area contributed by atoms with Crippen LogP contribution >= 0.6 is 0 Å². The van der Waals surface area contributed by atoms with E-state index in [0.29, 0.717) is 26.2 Å². The van der Waals surface area contributed by atoms with Crippen molar-refractivity contribution in [1.29, 1.82) is 5.26 Å². The van der Waals surface area contributed by atoms with Crippen LogP contribution in [0.5, 0.6) is 0 Å². The predicted molar refractivity (Wildman–Crippen MR) is 42.8 cm³/mol. The van der Waals surface area contributed by atoms with Gasteiger partial charge < -0.3 is 0 Å². The van der Waals surface area contributed by atoms with E-state index in [4.69, 9.17) is 5.26 Å². The first-order valence-electron chi connectivity index (χ1n) is 3.65. The highest BCUT2D eigenvalue weighted by molar-refractivity contribution is 7.89. The largest absolute Gasteiger partial charge is 0.239 e. The molecule has 0 spiro atoms. The molecule has 1 aliphatic rings. The zero-order valence-electron chi connectivity index (χ0n) is 6.60. The second-order valence-electron chi connectivity index (χ2n) is 2.48. The lowest BCUT2D eigenvalue weighted by atomic mass is 10.4. The fraction of sp³-hybridized carbons (Fsp3) is 0.833. The molecule has 1 rings (SSSR count). The van der Waals surface area contributed by atoms with Crippen molar-refractivity contribution in [2.75, 3.05) is 31.9 Å². The van der Waals surface area contributed by atoms with Crippen molar-refractivity contribution >= 4 is 10.0 Å². The minimum absolute atomic E-state index is 0.421. The zero-order chi connectivity index (χ0) is 9.03. The van der Waals surface area contributed by atoms with Gasteiger partial charge >= 0.3 is 0 Å². The summed E-state index contributed by atoms with van der Waals surface area (Å²) in [5.41, 5.74) is 0. The van der Waals surface area contributed by atoms with Crippen molar-refractivity contribution in [3.8, 4) is 6.07 Å². The molecule has 5 nitrogen and oxygen atoms in total. The molecule has 0 N–H and O–H groups in total.